The van der Waals surface area contributed by atoms with Crippen molar-refractivity contribution in [3.8, 4) is 63.6 Å². The monoisotopic (exact) mass is 426 g/mol. The lowest BCUT2D eigenvalue weighted by Crippen LogP contribution is -1.97. The Balaban J connectivity index is 1.81. The summed E-state index contributed by atoms with van der Waals surface area (Å²) in [4.78, 5) is 0. The van der Waals surface area contributed by atoms with E-state index < -0.39 is 0 Å². The molecule has 4 rings (SSSR count). The van der Waals surface area contributed by atoms with Gasteiger partial charge < -0.3 is 23.7 Å². The van der Waals surface area contributed by atoms with Crippen LogP contribution >= 0.6 is 0 Å². The third-order valence-electron chi connectivity index (χ3n) is 5.21. The average Bonchev–Trinajstić information content (AvgIpc) is 2.83. The Morgan fingerprint density at radius 3 is 1.38 bits per heavy atom. The van der Waals surface area contributed by atoms with E-state index in [2.05, 4.69) is 23.7 Å². The molecule has 0 bridgehead atoms. The topological polar surface area (TPSA) is 46.2 Å². The second-order valence-corrected chi connectivity index (χ2v) is 6.93. The van der Waals surface area contributed by atoms with E-state index in [1.165, 1.54) is 0 Å². The molecule has 1 aliphatic rings. The van der Waals surface area contributed by atoms with E-state index in [4.69, 9.17) is 23.7 Å². The number of ether oxygens (including phenoxy) is 5. The molecule has 0 saturated heterocycles. The highest BCUT2D eigenvalue weighted by Crippen LogP contribution is 2.41. The molecule has 0 heterocycles. The lowest BCUT2D eigenvalue weighted by atomic mass is 9.96. The lowest BCUT2D eigenvalue weighted by Gasteiger charge is -2.14. The van der Waals surface area contributed by atoms with Crippen molar-refractivity contribution in [2.75, 3.05) is 35.5 Å². The van der Waals surface area contributed by atoms with Crippen molar-refractivity contribution in [3.05, 3.63) is 64.7 Å². The van der Waals surface area contributed by atoms with E-state index in [1.54, 1.807) is 35.5 Å². The lowest BCUT2D eigenvalue weighted by molar-refractivity contribution is 0.324. The van der Waals surface area contributed by atoms with E-state index >= 15 is 0 Å². The van der Waals surface area contributed by atoms with Gasteiger partial charge in [0, 0.05) is 34.4 Å². The summed E-state index contributed by atoms with van der Waals surface area (Å²) in [5.41, 5.74) is 5.17. The molecule has 0 N–H and O–H groups in total. The summed E-state index contributed by atoms with van der Waals surface area (Å²) in [5.74, 6) is 15.9. The normalized spacial score (nSPS) is 10.7. The van der Waals surface area contributed by atoms with Crippen LogP contribution in [0.1, 0.15) is 22.3 Å². The van der Waals surface area contributed by atoms with Gasteiger partial charge in [-0.1, -0.05) is 29.7 Å². The summed E-state index contributed by atoms with van der Waals surface area (Å²) >= 11 is 0. The molecule has 0 fully saturated rings. The third-order valence-corrected chi connectivity index (χ3v) is 5.21. The molecule has 3 aromatic rings. The second kappa shape index (κ2) is 8.88. The van der Waals surface area contributed by atoms with Crippen LogP contribution in [0.3, 0.4) is 0 Å². The van der Waals surface area contributed by atoms with Gasteiger partial charge in [-0.3, -0.25) is 0 Å². The van der Waals surface area contributed by atoms with Gasteiger partial charge in [0.1, 0.15) is 0 Å². The zero-order chi connectivity index (χ0) is 22.7. The highest BCUT2D eigenvalue weighted by molar-refractivity contribution is 5.74. The molecule has 32 heavy (non-hydrogen) atoms. The first-order valence-corrected chi connectivity index (χ1v) is 9.86. The zero-order valence-corrected chi connectivity index (χ0v) is 18.6. The molecule has 5 nitrogen and oxygen atoms in total. The van der Waals surface area contributed by atoms with Crippen molar-refractivity contribution in [3.63, 3.8) is 0 Å². The Morgan fingerprint density at radius 2 is 0.906 bits per heavy atom. The predicted molar refractivity (Wildman–Crippen MR) is 123 cm³/mol. The van der Waals surface area contributed by atoms with Crippen LogP contribution in [-0.4, -0.2) is 35.5 Å². The third kappa shape index (κ3) is 3.77. The van der Waals surface area contributed by atoms with Gasteiger partial charge in [-0.15, -0.1) is 0 Å². The molecule has 0 amide bonds. The Bertz CT molecular complexity index is 1290. The quantitative estimate of drug-likeness (QED) is 0.425. The van der Waals surface area contributed by atoms with Gasteiger partial charge in [0.25, 0.3) is 0 Å². The van der Waals surface area contributed by atoms with Crippen LogP contribution < -0.4 is 23.7 Å². The minimum atomic E-state index is 0.552. The first kappa shape index (κ1) is 21.0. The van der Waals surface area contributed by atoms with Gasteiger partial charge >= 0.3 is 0 Å². The molecule has 0 atom stereocenters. The number of fused-ring (bicyclic) bond motifs is 2. The first-order chi connectivity index (χ1) is 15.6. The van der Waals surface area contributed by atoms with Crippen molar-refractivity contribution in [2.24, 2.45) is 0 Å². The Labute approximate surface area is 187 Å². The Hall–Kier alpha value is -4.22. The van der Waals surface area contributed by atoms with Gasteiger partial charge in [-0.2, -0.15) is 0 Å². The highest BCUT2D eigenvalue weighted by Gasteiger charge is 2.15. The number of hydrogen-bond donors (Lipinski definition) is 0. The maximum absolute atomic E-state index is 5.49. The molecule has 0 aromatic heterocycles. The van der Waals surface area contributed by atoms with E-state index in [1.807, 2.05) is 42.5 Å². The van der Waals surface area contributed by atoms with E-state index in [0.29, 0.717) is 28.7 Å². The van der Waals surface area contributed by atoms with Gasteiger partial charge in [0.2, 0.25) is 5.75 Å². The van der Waals surface area contributed by atoms with Crippen LogP contribution in [0.15, 0.2) is 42.5 Å². The maximum Gasteiger partial charge on any atom is 0.203 e. The van der Waals surface area contributed by atoms with Crippen LogP contribution in [-0.2, 0) is 0 Å². The molecule has 160 valence electrons. The van der Waals surface area contributed by atoms with Gasteiger partial charge in [-0.25, -0.2) is 0 Å². The molecular weight excluding hydrogens is 404 g/mol. The first-order valence-electron chi connectivity index (χ1n) is 9.86. The minimum absolute atomic E-state index is 0.552. The summed E-state index contributed by atoms with van der Waals surface area (Å²) < 4.78 is 27.2. The summed E-state index contributed by atoms with van der Waals surface area (Å²) in [6.07, 6.45) is 0. The SMILES string of the molecule is COc1cc2c(cc1OC)C#Cc1cc(-c3cc(OC)c(OC)c(OC)c3)ccc1C#C2. The molecular formula is C27H22O5. The molecule has 5 heteroatoms. The summed E-state index contributed by atoms with van der Waals surface area (Å²) in [6, 6.07) is 13.5. The second-order valence-electron chi connectivity index (χ2n) is 6.93. The molecule has 0 radical (unpaired) electrons. The smallest absolute Gasteiger partial charge is 0.203 e. The molecule has 0 aliphatic heterocycles. The van der Waals surface area contributed by atoms with Crippen molar-refractivity contribution in [2.45, 2.75) is 0 Å². The largest absolute Gasteiger partial charge is 0.493 e. The summed E-state index contributed by atoms with van der Waals surface area (Å²) in [6.45, 7) is 0. The molecule has 0 spiro atoms. The fraction of sp³-hybridized carbons (Fsp3) is 0.185. The zero-order valence-electron chi connectivity index (χ0n) is 18.6. The number of methoxy groups -OCH3 is 5. The van der Waals surface area contributed by atoms with Gasteiger partial charge in [0.05, 0.1) is 35.5 Å². The van der Waals surface area contributed by atoms with Gasteiger partial charge in [-0.05, 0) is 35.4 Å². The molecule has 0 unspecified atom stereocenters. The molecule has 0 saturated carbocycles. The van der Waals surface area contributed by atoms with Crippen molar-refractivity contribution in [1.82, 2.24) is 0 Å². The maximum atomic E-state index is 5.49. The molecule has 1 aliphatic carbocycles. The van der Waals surface area contributed by atoms with Gasteiger partial charge in [0.15, 0.2) is 23.0 Å². The number of hydrogen-bond acceptors (Lipinski definition) is 5. The summed E-state index contributed by atoms with van der Waals surface area (Å²) in [5, 5.41) is 0. The van der Waals surface area contributed by atoms with Crippen LogP contribution in [0.25, 0.3) is 11.1 Å². The van der Waals surface area contributed by atoms with Crippen LogP contribution in [0, 0.1) is 23.7 Å². The fourth-order valence-corrected chi connectivity index (χ4v) is 3.54. The van der Waals surface area contributed by atoms with Crippen molar-refractivity contribution < 1.29 is 23.7 Å². The van der Waals surface area contributed by atoms with E-state index in [9.17, 15) is 0 Å². The summed E-state index contributed by atoms with van der Waals surface area (Å²) in [7, 11) is 7.99. The number of benzene rings is 3. The van der Waals surface area contributed by atoms with Crippen molar-refractivity contribution >= 4 is 0 Å². The molecule has 3 aromatic carbocycles. The standard InChI is InChI=1S/C27H22O5/c1-28-23-13-20-9-7-17-6-8-19(12-18(17)10-11-21(20)14-24(23)29-2)22-15-25(30-3)27(32-5)26(16-22)31-4/h6,8,12-16H,1-5H3. The fourth-order valence-electron chi connectivity index (χ4n) is 3.54. The van der Waals surface area contributed by atoms with Crippen LogP contribution in [0.5, 0.6) is 28.7 Å². The van der Waals surface area contributed by atoms with Crippen LogP contribution in [0.4, 0.5) is 0 Å². The predicted octanol–water partition coefficient (Wildman–Crippen LogP) is 4.51. The van der Waals surface area contributed by atoms with Crippen molar-refractivity contribution in [1.29, 1.82) is 0 Å². The van der Waals surface area contributed by atoms with E-state index in [-0.39, 0.29) is 0 Å². The van der Waals surface area contributed by atoms with Crippen LogP contribution in [0.2, 0.25) is 0 Å². The average molecular weight is 426 g/mol. The number of rotatable bonds is 6. The van der Waals surface area contributed by atoms with E-state index in [0.717, 1.165) is 33.4 Å². The minimum Gasteiger partial charge on any atom is -0.493 e. The highest BCUT2D eigenvalue weighted by atomic mass is 16.5. The Kier molecular flexibility index (Phi) is 5.83. The Morgan fingerprint density at radius 1 is 0.438 bits per heavy atom.